The molecule has 0 spiro atoms. The minimum absolute atomic E-state index is 0.479. The van der Waals surface area contributed by atoms with Crippen molar-refractivity contribution < 1.29 is 0 Å². The van der Waals surface area contributed by atoms with E-state index in [9.17, 15) is 0 Å². The average molecular weight is 208 g/mol. The lowest BCUT2D eigenvalue weighted by Crippen LogP contribution is -2.42. The predicted molar refractivity (Wildman–Crippen MR) is 61.8 cm³/mol. The Bertz CT molecular complexity index is 295. The molecule has 1 aromatic rings. The second-order valence-electron chi connectivity index (χ2n) is 3.45. The zero-order chi connectivity index (χ0) is 9.80. The molecule has 0 saturated carbocycles. The smallest absolute Gasteiger partial charge is 0.0458 e. The first-order valence-electron chi connectivity index (χ1n) is 4.99. The van der Waals surface area contributed by atoms with Gasteiger partial charge in [-0.1, -0.05) is 18.2 Å². The lowest BCUT2D eigenvalue weighted by atomic mass is 10.1. The highest BCUT2D eigenvalue weighted by atomic mass is 32.2. The summed E-state index contributed by atoms with van der Waals surface area (Å²) in [5.41, 5.74) is 1.42. The molecule has 0 bridgehead atoms. The SMILES string of the molecule is CSc1ccccc1[C@@H]1CNCCN1. The van der Waals surface area contributed by atoms with Gasteiger partial charge in [0.25, 0.3) is 0 Å². The molecule has 14 heavy (non-hydrogen) atoms. The van der Waals surface area contributed by atoms with Gasteiger partial charge in [-0.25, -0.2) is 0 Å². The number of hydrogen-bond donors (Lipinski definition) is 2. The monoisotopic (exact) mass is 208 g/mol. The summed E-state index contributed by atoms with van der Waals surface area (Å²) in [6, 6.07) is 9.11. The molecule has 0 amide bonds. The van der Waals surface area contributed by atoms with Crippen LogP contribution in [0.25, 0.3) is 0 Å². The Labute approximate surface area is 89.5 Å². The molecule has 2 rings (SSSR count). The average Bonchev–Trinajstić information content (AvgIpc) is 2.30. The molecule has 0 unspecified atom stereocenters. The highest BCUT2D eigenvalue weighted by Gasteiger charge is 2.16. The van der Waals surface area contributed by atoms with Gasteiger partial charge in [0.05, 0.1) is 0 Å². The third kappa shape index (κ3) is 2.11. The van der Waals surface area contributed by atoms with E-state index in [2.05, 4.69) is 41.2 Å². The minimum atomic E-state index is 0.479. The summed E-state index contributed by atoms with van der Waals surface area (Å²) in [5, 5.41) is 6.95. The molecule has 1 aromatic carbocycles. The van der Waals surface area contributed by atoms with Crippen LogP contribution in [0.15, 0.2) is 29.2 Å². The molecular weight excluding hydrogens is 192 g/mol. The van der Waals surface area contributed by atoms with Crippen LogP contribution in [0, 0.1) is 0 Å². The maximum absolute atomic E-state index is 3.53. The summed E-state index contributed by atoms with van der Waals surface area (Å²) in [6.45, 7) is 3.18. The van der Waals surface area contributed by atoms with E-state index >= 15 is 0 Å². The van der Waals surface area contributed by atoms with Gasteiger partial charge >= 0.3 is 0 Å². The van der Waals surface area contributed by atoms with Gasteiger partial charge in [0, 0.05) is 30.6 Å². The summed E-state index contributed by atoms with van der Waals surface area (Å²) in [4.78, 5) is 1.38. The fourth-order valence-electron chi connectivity index (χ4n) is 1.83. The lowest BCUT2D eigenvalue weighted by Gasteiger charge is -2.26. The van der Waals surface area contributed by atoms with Crippen LogP contribution >= 0.6 is 11.8 Å². The van der Waals surface area contributed by atoms with Gasteiger partial charge in [-0.15, -0.1) is 11.8 Å². The van der Waals surface area contributed by atoms with Crippen LogP contribution in [0.3, 0.4) is 0 Å². The molecule has 3 heteroatoms. The molecule has 1 aliphatic heterocycles. The van der Waals surface area contributed by atoms with Gasteiger partial charge in [-0.3, -0.25) is 0 Å². The normalized spacial score (nSPS) is 22.2. The molecule has 1 fully saturated rings. The highest BCUT2D eigenvalue weighted by Crippen LogP contribution is 2.25. The highest BCUT2D eigenvalue weighted by molar-refractivity contribution is 7.98. The molecule has 0 aliphatic carbocycles. The first kappa shape index (κ1) is 10.0. The third-order valence-corrected chi connectivity index (χ3v) is 3.37. The van der Waals surface area contributed by atoms with Gasteiger partial charge < -0.3 is 10.6 Å². The number of thioether (sulfide) groups is 1. The van der Waals surface area contributed by atoms with Crippen molar-refractivity contribution in [3.63, 3.8) is 0 Å². The van der Waals surface area contributed by atoms with Crippen LogP contribution in [0.2, 0.25) is 0 Å². The van der Waals surface area contributed by atoms with E-state index in [-0.39, 0.29) is 0 Å². The second-order valence-corrected chi connectivity index (χ2v) is 4.30. The first-order valence-corrected chi connectivity index (χ1v) is 6.21. The molecule has 1 heterocycles. The quantitative estimate of drug-likeness (QED) is 0.723. The molecule has 0 aromatic heterocycles. The lowest BCUT2D eigenvalue weighted by molar-refractivity contribution is 0.426. The Hall–Kier alpha value is -0.510. The van der Waals surface area contributed by atoms with Crippen molar-refractivity contribution in [2.75, 3.05) is 25.9 Å². The fourth-order valence-corrected chi connectivity index (χ4v) is 2.49. The van der Waals surface area contributed by atoms with E-state index in [1.807, 2.05) is 11.8 Å². The first-order chi connectivity index (χ1) is 6.92. The van der Waals surface area contributed by atoms with Crippen molar-refractivity contribution in [2.45, 2.75) is 10.9 Å². The summed E-state index contributed by atoms with van der Waals surface area (Å²) < 4.78 is 0. The maximum atomic E-state index is 3.53. The van der Waals surface area contributed by atoms with Crippen molar-refractivity contribution in [1.29, 1.82) is 0 Å². The zero-order valence-electron chi connectivity index (χ0n) is 8.42. The largest absolute Gasteiger partial charge is 0.314 e. The van der Waals surface area contributed by atoms with Crippen molar-refractivity contribution in [1.82, 2.24) is 10.6 Å². The van der Waals surface area contributed by atoms with Crippen molar-refractivity contribution in [3.8, 4) is 0 Å². The Morgan fingerprint density at radius 1 is 1.29 bits per heavy atom. The van der Waals surface area contributed by atoms with Crippen LogP contribution in [0.4, 0.5) is 0 Å². The molecule has 1 aliphatic rings. The number of nitrogens with one attached hydrogen (secondary N) is 2. The van der Waals surface area contributed by atoms with Gasteiger partial charge in [-0.05, 0) is 17.9 Å². The predicted octanol–water partition coefficient (Wildman–Crippen LogP) is 1.64. The minimum Gasteiger partial charge on any atom is -0.314 e. The van der Waals surface area contributed by atoms with Crippen molar-refractivity contribution >= 4 is 11.8 Å². The van der Waals surface area contributed by atoms with Gasteiger partial charge in [0.15, 0.2) is 0 Å². The van der Waals surface area contributed by atoms with Crippen molar-refractivity contribution in [3.05, 3.63) is 29.8 Å². The topological polar surface area (TPSA) is 24.1 Å². The summed E-state index contributed by atoms with van der Waals surface area (Å²) in [5.74, 6) is 0. The molecule has 2 N–H and O–H groups in total. The van der Waals surface area contributed by atoms with Crippen LogP contribution in [0.5, 0.6) is 0 Å². The second kappa shape index (κ2) is 4.82. The number of rotatable bonds is 2. The number of piperazine rings is 1. The van der Waals surface area contributed by atoms with Crippen LogP contribution < -0.4 is 10.6 Å². The standard InChI is InChI=1S/C11H16N2S/c1-14-11-5-3-2-4-9(11)10-8-12-6-7-13-10/h2-5,10,12-13H,6-8H2,1H3/t10-/m0/s1. The van der Waals surface area contributed by atoms with Crippen molar-refractivity contribution in [2.24, 2.45) is 0 Å². The molecule has 1 saturated heterocycles. The number of benzene rings is 1. The van der Waals surface area contributed by atoms with Gasteiger partial charge in [0.1, 0.15) is 0 Å². The van der Waals surface area contributed by atoms with Crippen LogP contribution in [-0.4, -0.2) is 25.9 Å². The van der Waals surface area contributed by atoms with E-state index in [0.717, 1.165) is 19.6 Å². The molecule has 0 radical (unpaired) electrons. The Balaban J connectivity index is 2.20. The van der Waals surface area contributed by atoms with E-state index in [0.29, 0.717) is 6.04 Å². The molecule has 1 atom stereocenters. The van der Waals surface area contributed by atoms with E-state index in [4.69, 9.17) is 0 Å². The van der Waals surface area contributed by atoms with E-state index in [1.54, 1.807) is 0 Å². The fraction of sp³-hybridized carbons (Fsp3) is 0.455. The van der Waals surface area contributed by atoms with Crippen LogP contribution in [0.1, 0.15) is 11.6 Å². The van der Waals surface area contributed by atoms with E-state index in [1.165, 1.54) is 10.5 Å². The van der Waals surface area contributed by atoms with E-state index < -0.39 is 0 Å². The zero-order valence-corrected chi connectivity index (χ0v) is 9.23. The van der Waals surface area contributed by atoms with Crippen LogP contribution in [-0.2, 0) is 0 Å². The Kier molecular flexibility index (Phi) is 3.45. The molecule has 2 nitrogen and oxygen atoms in total. The number of hydrogen-bond acceptors (Lipinski definition) is 3. The van der Waals surface area contributed by atoms with Gasteiger partial charge in [-0.2, -0.15) is 0 Å². The molecular formula is C11H16N2S. The Morgan fingerprint density at radius 2 is 2.14 bits per heavy atom. The Morgan fingerprint density at radius 3 is 2.86 bits per heavy atom. The van der Waals surface area contributed by atoms with Gasteiger partial charge in [0.2, 0.25) is 0 Å². The maximum Gasteiger partial charge on any atom is 0.0458 e. The third-order valence-electron chi connectivity index (χ3n) is 2.56. The molecule has 76 valence electrons. The summed E-state index contributed by atoms with van der Waals surface area (Å²) >= 11 is 1.82. The summed E-state index contributed by atoms with van der Waals surface area (Å²) in [7, 11) is 0. The summed E-state index contributed by atoms with van der Waals surface area (Å²) in [6.07, 6.45) is 2.13.